The van der Waals surface area contributed by atoms with E-state index < -0.39 is 0 Å². The number of rotatable bonds is 4. The van der Waals surface area contributed by atoms with Gasteiger partial charge < -0.3 is 4.57 Å². The molecule has 3 aromatic rings. The first-order valence-electron chi connectivity index (χ1n) is 7.53. The van der Waals surface area contributed by atoms with E-state index in [1.54, 1.807) is 24.5 Å². The summed E-state index contributed by atoms with van der Waals surface area (Å²) >= 11 is 11.9. The molecule has 0 amide bonds. The Morgan fingerprint density at radius 2 is 1.88 bits per heavy atom. The minimum atomic E-state index is 0.0131. The van der Waals surface area contributed by atoms with E-state index in [4.69, 9.17) is 23.2 Å². The molecule has 3 nitrogen and oxygen atoms in total. The van der Waals surface area contributed by atoms with Crippen molar-refractivity contribution in [1.29, 1.82) is 0 Å². The van der Waals surface area contributed by atoms with E-state index in [1.165, 1.54) is 0 Å². The van der Waals surface area contributed by atoms with Crippen LogP contribution in [0.2, 0.25) is 10.0 Å². The van der Waals surface area contributed by atoms with E-state index >= 15 is 0 Å². The molecule has 1 aromatic heterocycles. The molecule has 0 radical (unpaired) electrons. The zero-order chi connectivity index (χ0) is 17.3. The van der Waals surface area contributed by atoms with Gasteiger partial charge in [0.2, 0.25) is 0 Å². The van der Waals surface area contributed by atoms with Gasteiger partial charge in [0.1, 0.15) is 0 Å². The first-order valence-corrected chi connectivity index (χ1v) is 8.28. The summed E-state index contributed by atoms with van der Waals surface area (Å²) in [7, 11) is 0. The zero-order valence-electron chi connectivity index (χ0n) is 13.4. The Bertz CT molecular complexity index is 915. The molecule has 1 heterocycles. The molecule has 0 unspecified atom stereocenters. The van der Waals surface area contributed by atoms with Crippen LogP contribution in [0.1, 0.15) is 27.2 Å². The highest BCUT2D eigenvalue weighted by Crippen LogP contribution is 2.24. The number of hydrogen-bond acceptors (Lipinski definition) is 2. The summed E-state index contributed by atoms with van der Waals surface area (Å²) in [5.41, 5.74) is 4.64. The van der Waals surface area contributed by atoms with Gasteiger partial charge in [0, 0.05) is 23.9 Å². The third-order valence-electron chi connectivity index (χ3n) is 3.86. The molecule has 0 aliphatic carbocycles. The maximum atomic E-state index is 12.4. The third-order valence-corrected chi connectivity index (χ3v) is 4.60. The lowest BCUT2D eigenvalue weighted by Gasteiger charge is -2.09. The number of ketones is 1. The van der Waals surface area contributed by atoms with Gasteiger partial charge in [-0.1, -0.05) is 35.3 Å². The Hall–Kier alpha value is -2.10. The molecule has 0 saturated heterocycles. The van der Waals surface area contributed by atoms with Crippen molar-refractivity contribution in [3.63, 3.8) is 0 Å². The third kappa shape index (κ3) is 3.53. The molecule has 3 rings (SSSR count). The fraction of sp³-hybridized carbons (Fsp3) is 0.158. The largest absolute Gasteiger partial charge is 0.306 e. The number of hydrogen-bond donors (Lipinski definition) is 0. The van der Waals surface area contributed by atoms with Crippen LogP contribution in [0.15, 0.2) is 48.9 Å². The van der Waals surface area contributed by atoms with E-state index in [2.05, 4.69) is 4.98 Å². The number of aromatic nitrogens is 2. The maximum Gasteiger partial charge on any atom is 0.167 e. The van der Waals surface area contributed by atoms with Crippen molar-refractivity contribution in [2.75, 3.05) is 0 Å². The second-order valence-corrected chi connectivity index (χ2v) is 6.59. The van der Waals surface area contributed by atoms with Crippen molar-refractivity contribution in [3.8, 4) is 5.69 Å². The fourth-order valence-corrected chi connectivity index (χ4v) is 2.93. The van der Waals surface area contributed by atoms with Crippen LogP contribution in [0.25, 0.3) is 5.69 Å². The Kier molecular flexibility index (Phi) is 4.74. The molecule has 0 fully saturated rings. The number of carbonyl (C=O) groups is 1. The zero-order valence-corrected chi connectivity index (χ0v) is 14.9. The van der Waals surface area contributed by atoms with Crippen molar-refractivity contribution < 1.29 is 4.79 Å². The van der Waals surface area contributed by atoms with Crippen LogP contribution in [0.4, 0.5) is 0 Å². The van der Waals surface area contributed by atoms with Crippen LogP contribution in [0.5, 0.6) is 0 Å². The highest BCUT2D eigenvalue weighted by Gasteiger charge is 2.11. The summed E-state index contributed by atoms with van der Waals surface area (Å²) in [5, 5.41) is 0.841. The molecule has 2 aromatic carbocycles. The van der Waals surface area contributed by atoms with Gasteiger partial charge in [-0.25, -0.2) is 4.98 Å². The van der Waals surface area contributed by atoms with Crippen LogP contribution in [-0.4, -0.2) is 15.3 Å². The topological polar surface area (TPSA) is 34.9 Å². The average Bonchev–Trinajstić information content (AvgIpc) is 2.96. The second-order valence-electron chi connectivity index (χ2n) is 5.77. The summed E-state index contributed by atoms with van der Waals surface area (Å²) in [6.07, 6.45) is 4.09. The number of halogens is 2. The molecule has 0 aliphatic rings. The molecule has 122 valence electrons. The number of imidazole rings is 1. The highest BCUT2D eigenvalue weighted by molar-refractivity contribution is 6.42. The van der Waals surface area contributed by atoms with Gasteiger partial charge in [0.25, 0.3) is 0 Å². The quantitative estimate of drug-likeness (QED) is 0.599. The van der Waals surface area contributed by atoms with Crippen molar-refractivity contribution in [3.05, 3.63) is 81.4 Å². The number of aryl methyl sites for hydroxylation is 2. The Labute approximate surface area is 150 Å². The van der Waals surface area contributed by atoms with Gasteiger partial charge in [-0.05, 0) is 49.2 Å². The number of nitrogens with zero attached hydrogens (tertiary/aromatic N) is 2. The molecule has 0 saturated carbocycles. The first kappa shape index (κ1) is 16.7. The number of Topliss-reactive ketones (excluding diaryl/α,β-unsaturated/α-hetero) is 1. The molecule has 0 N–H and O–H groups in total. The smallest absolute Gasteiger partial charge is 0.167 e. The van der Waals surface area contributed by atoms with Crippen LogP contribution in [0, 0.1) is 13.8 Å². The summed E-state index contributed by atoms with van der Waals surface area (Å²) in [6, 6.07) is 11.0. The summed E-state index contributed by atoms with van der Waals surface area (Å²) in [5.74, 6) is 0.0131. The monoisotopic (exact) mass is 358 g/mol. The number of benzene rings is 2. The molecule has 0 atom stereocenters. The lowest BCUT2D eigenvalue weighted by molar-refractivity contribution is 0.0993. The summed E-state index contributed by atoms with van der Waals surface area (Å²) in [6.45, 7) is 3.98. The predicted molar refractivity (Wildman–Crippen MR) is 97.5 cm³/mol. The van der Waals surface area contributed by atoms with Crippen molar-refractivity contribution >= 4 is 29.0 Å². The highest BCUT2D eigenvalue weighted by atomic mass is 35.5. The molecule has 5 heteroatoms. The standard InChI is InChI=1S/C19H16Cl2N2O/c1-12-7-14(3-6-18(12)23-10-13(2)22-11-23)8-19(24)15-4-5-16(20)17(21)9-15/h3-7,9-11H,8H2,1-2H3. The summed E-state index contributed by atoms with van der Waals surface area (Å²) in [4.78, 5) is 16.7. The van der Waals surface area contributed by atoms with Gasteiger partial charge in [0.15, 0.2) is 5.78 Å². The second kappa shape index (κ2) is 6.80. The molecular weight excluding hydrogens is 343 g/mol. The summed E-state index contributed by atoms with van der Waals surface area (Å²) < 4.78 is 1.98. The van der Waals surface area contributed by atoms with Crippen molar-refractivity contribution in [1.82, 2.24) is 9.55 Å². The Morgan fingerprint density at radius 1 is 1.08 bits per heavy atom. The number of carbonyl (C=O) groups excluding carboxylic acids is 1. The van der Waals surface area contributed by atoms with Gasteiger partial charge >= 0.3 is 0 Å². The SMILES string of the molecule is Cc1cn(-c2ccc(CC(=O)c3ccc(Cl)c(Cl)c3)cc2C)cn1. The Balaban J connectivity index is 1.81. The van der Waals surface area contributed by atoms with E-state index in [1.807, 2.05) is 42.8 Å². The lowest BCUT2D eigenvalue weighted by atomic mass is 10.0. The van der Waals surface area contributed by atoms with Crippen molar-refractivity contribution in [2.45, 2.75) is 20.3 Å². The van der Waals surface area contributed by atoms with Gasteiger partial charge in [0.05, 0.1) is 22.1 Å². The molecular formula is C19H16Cl2N2O. The molecule has 0 aliphatic heterocycles. The van der Waals surface area contributed by atoms with Crippen LogP contribution >= 0.6 is 23.2 Å². The minimum Gasteiger partial charge on any atom is -0.306 e. The van der Waals surface area contributed by atoms with E-state index in [0.29, 0.717) is 22.0 Å². The van der Waals surface area contributed by atoms with Gasteiger partial charge in [-0.3, -0.25) is 4.79 Å². The predicted octanol–water partition coefficient (Wildman–Crippen LogP) is 5.22. The van der Waals surface area contributed by atoms with Gasteiger partial charge in [-0.2, -0.15) is 0 Å². The fourth-order valence-electron chi connectivity index (χ4n) is 2.63. The van der Waals surface area contributed by atoms with E-state index in [0.717, 1.165) is 22.5 Å². The molecule has 0 spiro atoms. The normalized spacial score (nSPS) is 10.8. The minimum absolute atomic E-state index is 0.0131. The average molecular weight is 359 g/mol. The lowest BCUT2D eigenvalue weighted by Crippen LogP contribution is -2.04. The molecule has 24 heavy (non-hydrogen) atoms. The van der Waals surface area contributed by atoms with Crippen LogP contribution in [0.3, 0.4) is 0 Å². The van der Waals surface area contributed by atoms with Crippen molar-refractivity contribution in [2.24, 2.45) is 0 Å². The Morgan fingerprint density at radius 3 is 2.50 bits per heavy atom. The maximum absolute atomic E-state index is 12.4. The van der Waals surface area contributed by atoms with Gasteiger partial charge in [-0.15, -0.1) is 0 Å². The first-order chi connectivity index (χ1) is 11.4. The van der Waals surface area contributed by atoms with Crippen LogP contribution < -0.4 is 0 Å². The van der Waals surface area contributed by atoms with E-state index in [-0.39, 0.29) is 5.78 Å². The van der Waals surface area contributed by atoms with Crippen LogP contribution in [-0.2, 0) is 6.42 Å². The molecule has 0 bridgehead atoms. The van der Waals surface area contributed by atoms with E-state index in [9.17, 15) is 4.79 Å².